The first kappa shape index (κ1) is 12.0. The van der Waals surface area contributed by atoms with Crippen LogP contribution in [0.15, 0.2) is 36.4 Å². The van der Waals surface area contributed by atoms with Crippen LogP contribution in [0.2, 0.25) is 5.02 Å². The molecular weight excluding hydrogens is 256 g/mol. The van der Waals surface area contributed by atoms with Gasteiger partial charge in [-0.1, -0.05) is 29.8 Å². The van der Waals surface area contributed by atoms with E-state index in [0.717, 1.165) is 5.30 Å². The van der Waals surface area contributed by atoms with Gasteiger partial charge in [0.25, 0.3) is 0 Å². The molecule has 2 aromatic carbocycles. The Morgan fingerprint density at radius 2 is 2.00 bits per heavy atom. The minimum Gasteiger partial charge on any atom is -0.206 e. The van der Waals surface area contributed by atoms with Crippen LogP contribution in [-0.4, -0.2) is 0 Å². The van der Waals surface area contributed by atoms with Crippen molar-refractivity contribution in [3.05, 3.63) is 52.8 Å². The van der Waals surface area contributed by atoms with E-state index >= 15 is 0 Å². The molecule has 17 heavy (non-hydrogen) atoms. The molecule has 0 saturated heterocycles. The Hall–Kier alpha value is -1.42. The van der Waals surface area contributed by atoms with Gasteiger partial charge in [0.05, 0.1) is 10.6 Å². The van der Waals surface area contributed by atoms with E-state index in [0.29, 0.717) is 21.7 Å². The molecule has 0 amide bonds. The molecule has 0 spiro atoms. The Morgan fingerprint density at radius 1 is 1.24 bits per heavy atom. The molecule has 0 aromatic heterocycles. The molecule has 0 radical (unpaired) electrons. The van der Waals surface area contributed by atoms with Crippen LogP contribution in [0.25, 0.3) is 11.1 Å². The van der Waals surface area contributed by atoms with Crippen molar-refractivity contribution in [1.82, 2.24) is 0 Å². The van der Waals surface area contributed by atoms with Gasteiger partial charge in [0, 0.05) is 5.56 Å². The molecule has 2 rings (SSSR count). The molecule has 0 N–H and O–H groups in total. The molecule has 4 heteroatoms. The van der Waals surface area contributed by atoms with Crippen molar-refractivity contribution in [2.24, 2.45) is 0 Å². The van der Waals surface area contributed by atoms with E-state index in [1.54, 1.807) is 30.3 Å². The standard InChI is InChI=1S/C13H8ClFNP/c14-10-6-8(4-5-9(10)7-16)13-11(15)2-1-3-12(13)17/h1-6H,17H2. The van der Waals surface area contributed by atoms with Crippen LogP contribution in [0.3, 0.4) is 0 Å². The molecule has 1 nitrogen and oxygen atoms in total. The first-order valence-electron chi connectivity index (χ1n) is 4.87. The summed E-state index contributed by atoms with van der Waals surface area (Å²) in [6.45, 7) is 0. The highest BCUT2D eigenvalue weighted by molar-refractivity contribution is 7.28. The number of nitrogens with zero attached hydrogens (tertiary/aromatic N) is 1. The minimum absolute atomic E-state index is 0.307. The largest absolute Gasteiger partial charge is 0.206 e. The summed E-state index contributed by atoms with van der Waals surface area (Å²) in [4.78, 5) is 0. The van der Waals surface area contributed by atoms with Crippen molar-refractivity contribution in [3.63, 3.8) is 0 Å². The molecule has 0 bridgehead atoms. The number of halogens is 2. The van der Waals surface area contributed by atoms with Gasteiger partial charge in [-0.05, 0) is 29.1 Å². The molecule has 0 fully saturated rings. The van der Waals surface area contributed by atoms with Crippen LogP contribution in [-0.2, 0) is 0 Å². The lowest BCUT2D eigenvalue weighted by molar-refractivity contribution is 0.632. The van der Waals surface area contributed by atoms with Gasteiger partial charge in [-0.3, -0.25) is 0 Å². The summed E-state index contributed by atoms with van der Waals surface area (Å²) in [5, 5.41) is 9.86. The SMILES string of the molecule is N#Cc1ccc(-c2c(F)cccc2P)cc1Cl. The van der Waals surface area contributed by atoms with Crippen LogP contribution >= 0.6 is 20.8 Å². The average Bonchev–Trinajstić information content (AvgIpc) is 2.29. The minimum atomic E-state index is -0.307. The zero-order chi connectivity index (χ0) is 12.4. The van der Waals surface area contributed by atoms with Crippen molar-refractivity contribution in [1.29, 1.82) is 5.26 Å². The second-order valence-corrected chi connectivity index (χ2v) is 4.54. The maximum atomic E-state index is 13.7. The molecule has 0 aliphatic carbocycles. The van der Waals surface area contributed by atoms with Crippen LogP contribution in [0.4, 0.5) is 4.39 Å². The lowest BCUT2D eigenvalue weighted by Crippen LogP contribution is -1.99. The predicted octanol–water partition coefficient (Wildman–Crippen LogP) is 3.52. The molecule has 84 valence electrons. The quantitative estimate of drug-likeness (QED) is 0.722. The second-order valence-electron chi connectivity index (χ2n) is 3.51. The number of rotatable bonds is 1. The summed E-state index contributed by atoms with van der Waals surface area (Å²) in [5.41, 5.74) is 1.54. The van der Waals surface area contributed by atoms with E-state index in [4.69, 9.17) is 16.9 Å². The normalized spacial score (nSPS) is 10.0. The molecule has 0 saturated carbocycles. The smallest absolute Gasteiger partial charge is 0.131 e. The topological polar surface area (TPSA) is 23.8 Å². The zero-order valence-corrected chi connectivity index (χ0v) is 10.7. The molecule has 0 aliphatic rings. The van der Waals surface area contributed by atoms with E-state index in [1.165, 1.54) is 6.07 Å². The maximum absolute atomic E-state index is 13.7. The zero-order valence-electron chi connectivity index (χ0n) is 8.74. The Morgan fingerprint density at radius 3 is 2.59 bits per heavy atom. The third-order valence-corrected chi connectivity index (χ3v) is 3.22. The Bertz CT molecular complexity index is 599. The highest BCUT2D eigenvalue weighted by Gasteiger charge is 2.10. The van der Waals surface area contributed by atoms with Gasteiger partial charge in [0.1, 0.15) is 11.9 Å². The molecular formula is C13H8ClFNP. The van der Waals surface area contributed by atoms with Gasteiger partial charge in [-0.15, -0.1) is 9.24 Å². The van der Waals surface area contributed by atoms with Crippen molar-refractivity contribution in [2.45, 2.75) is 0 Å². The van der Waals surface area contributed by atoms with E-state index in [2.05, 4.69) is 9.24 Å². The van der Waals surface area contributed by atoms with Gasteiger partial charge >= 0.3 is 0 Å². The second kappa shape index (κ2) is 4.84. The molecule has 1 atom stereocenters. The number of hydrogen-bond donors (Lipinski definition) is 0. The number of hydrogen-bond acceptors (Lipinski definition) is 1. The van der Waals surface area contributed by atoms with Gasteiger partial charge < -0.3 is 0 Å². The highest BCUT2D eigenvalue weighted by Crippen LogP contribution is 2.27. The summed E-state index contributed by atoms with van der Waals surface area (Å²) in [7, 11) is 2.49. The van der Waals surface area contributed by atoms with Crippen LogP contribution in [0.1, 0.15) is 5.56 Å². The Kier molecular flexibility index (Phi) is 3.43. The first-order valence-corrected chi connectivity index (χ1v) is 5.83. The predicted molar refractivity (Wildman–Crippen MR) is 70.9 cm³/mol. The van der Waals surface area contributed by atoms with Gasteiger partial charge in [-0.25, -0.2) is 4.39 Å². The summed E-state index contributed by atoms with van der Waals surface area (Å²) in [6, 6.07) is 11.7. The summed E-state index contributed by atoms with van der Waals surface area (Å²) >= 11 is 5.93. The first-order chi connectivity index (χ1) is 8.13. The van der Waals surface area contributed by atoms with Crippen LogP contribution in [0.5, 0.6) is 0 Å². The fourth-order valence-electron chi connectivity index (χ4n) is 1.61. The number of benzene rings is 2. The van der Waals surface area contributed by atoms with Gasteiger partial charge in [-0.2, -0.15) is 5.26 Å². The molecule has 0 aliphatic heterocycles. The van der Waals surface area contributed by atoms with E-state index in [9.17, 15) is 4.39 Å². The van der Waals surface area contributed by atoms with E-state index in [-0.39, 0.29) is 5.82 Å². The van der Waals surface area contributed by atoms with Gasteiger partial charge in [0.15, 0.2) is 0 Å². The number of nitriles is 1. The third-order valence-electron chi connectivity index (χ3n) is 2.42. The van der Waals surface area contributed by atoms with Crippen molar-refractivity contribution < 1.29 is 4.39 Å². The average molecular weight is 264 g/mol. The fraction of sp³-hybridized carbons (Fsp3) is 0. The highest BCUT2D eigenvalue weighted by atomic mass is 35.5. The summed E-state index contributed by atoms with van der Waals surface area (Å²) in [6.07, 6.45) is 0. The molecule has 0 heterocycles. The monoisotopic (exact) mass is 263 g/mol. The van der Waals surface area contributed by atoms with Crippen molar-refractivity contribution >= 4 is 26.1 Å². The summed E-state index contributed by atoms with van der Waals surface area (Å²) < 4.78 is 13.7. The van der Waals surface area contributed by atoms with E-state index < -0.39 is 0 Å². The van der Waals surface area contributed by atoms with Crippen molar-refractivity contribution in [2.75, 3.05) is 0 Å². The fourth-order valence-corrected chi connectivity index (χ4v) is 2.25. The lowest BCUT2D eigenvalue weighted by atomic mass is 10.0. The summed E-state index contributed by atoms with van der Waals surface area (Å²) in [5.74, 6) is -0.307. The maximum Gasteiger partial charge on any atom is 0.131 e. The molecule has 1 unspecified atom stereocenters. The van der Waals surface area contributed by atoms with Crippen molar-refractivity contribution in [3.8, 4) is 17.2 Å². The Balaban J connectivity index is 2.63. The van der Waals surface area contributed by atoms with Gasteiger partial charge in [0.2, 0.25) is 0 Å². The Labute approximate surface area is 106 Å². The lowest BCUT2D eigenvalue weighted by Gasteiger charge is -2.08. The van der Waals surface area contributed by atoms with Crippen LogP contribution < -0.4 is 5.30 Å². The van der Waals surface area contributed by atoms with E-state index in [1.807, 2.05) is 6.07 Å². The van der Waals surface area contributed by atoms with Crippen LogP contribution in [0, 0.1) is 17.1 Å². The molecule has 2 aromatic rings. The third kappa shape index (κ3) is 2.31.